The van der Waals surface area contributed by atoms with E-state index in [1.54, 1.807) is 36.4 Å². The van der Waals surface area contributed by atoms with Gasteiger partial charge in [-0.15, -0.1) is 0 Å². The van der Waals surface area contributed by atoms with E-state index in [0.717, 1.165) is 12.8 Å². The first-order valence-corrected chi connectivity index (χ1v) is 14.3. The van der Waals surface area contributed by atoms with Gasteiger partial charge < -0.3 is 14.2 Å². The van der Waals surface area contributed by atoms with Crippen LogP contribution in [-0.4, -0.2) is 25.5 Å². The summed E-state index contributed by atoms with van der Waals surface area (Å²) in [5.41, 5.74) is 1.92. The molecule has 0 bridgehead atoms. The first-order chi connectivity index (χ1) is 19.4. The first-order valence-electron chi connectivity index (χ1n) is 14.3. The number of carbonyl (C=O) groups is 1. The number of hydrogen-bond acceptors (Lipinski definition) is 4. The third-order valence-corrected chi connectivity index (χ3v) is 7.79. The fourth-order valence-electron chi connectivity index (χ4n) is 5.29. The highest BCUT2D eigenvalue weighted by molar-refractivity contribution is 5.90. The molecule has 0 amide bonds. The molecule has 2 heterocycles. The maximum absolute atomic E-state index is 14.9. The third kappa shape index (κ3) is 6.76. The van der Waals surface area contributed by atoms with Crippen molar-refractivity contribution in [2.75, 3.05) is 13.2 Å². The second-order valence-electron chi connectivity index (χ2n) is 10.7. The monoisotopic (exact) mass is 552 g/mol. The molecule has 0 aliphatic carbocycles. The molecule has 7 heteroatoms. The number of hydrogen-bond donors (Lipinski definition) is 0. The summed E-state index contributed by atoms with van der Waals surface area (Å²) in [6.45, 7) is 3.15. The number of carbonyl (C=O) groups excluding carboxylic acids is 1. The van der Waals surface area contributed by atoms with Crippen LogP contribution >= 0.6 is 0 Å². The quantitative estimate of drug-likeness (QED) is 0.136. The van der Waals surface area contributed by atoms with E-state index in [4.69, 9.17) is 14.2 Å². The van der Waals surface area contributed by atoms with Crippen LogP contribution in [0.4, 0.5) is 13.2 Å². The minimum atomic E-state index is -0.922. The van der Waals surface area contributed by atoms with Gasteiger partial charge in [-0.3, -0.25) is 0 Å². The molecule has 40 heavy (non-hydrogen) atoms. The molecule has 2 aliphatic heterocycles. The minimum Gasteiger partial charge on any atom is -0.432 e. The van der Waals surface area contributed by atoms with Crippen molar-refractivity contribution in [2.24, 2.45) is 5.92 Å². The normalized spacial score (nSPS) is 20.4. The maximum Gasteiger partial charge on any atom is 0.343 e. The van der Waals surface area contributed by atoms with Gasteiger partial charge in [0.2, 0.25) is 6.29 Å². The lowest BCUT2D eigenvalue weighted by Crippen LogP contribution is -2.30. The summed E-state index contributed by atoms with van der Waals surface area (Å²) in [5.74, 6) is -2.79. The molecule has 4 nitrogen and oxygen atoms in total. The average Bonchev–Trinajstić information content (AvgIpc) is 3.81. The molecule has 2 saturated heterocycles. The van der Waals surface area contributed by atoms with Crippen molar-refractivity contribution < 1.29 is 32.2 Å². The zero-order valence-electron chi connectivity index (χ0n) is 22.8. The molecule has 3 atom stereocenters. The smallest absolute Gasteiger partial charge is 0.343 e. The van der Waals surface area contributed by atoms with E-state index in [1.807, 2.05) is 0 Å². The standard InChI is InChI=1S/C33H35F3O4/c1-2-3-4-5-6-7-21-8-17-30(39-19-21)40-33(37)26-14-13-24(18-28(26)34)22-9-11-23(12-10-22)25-15-16-27(29-20-38-29)32(36)31(25)35/h9-16,18,21,29-30H,2-8,17,19-20H2,1H3. The Morgan fingerprint density at radius 3 is 2.23 bits per heavy atom. The van der Waals surface area contributed by atoms with Gasteiger partial charge in [0, 0.05) is 17.5 Å². The van der Waals surface area contributed by atoms with Gasteiger partial charge in [0.05, 0.1) is 18.8 Å². The molecule has 2 aliphatic rings. The van der Waals surface area contributed by atoms with Crippen LogP contribution in [0.2, 0.25) is 0 Å². The number of rotatable bonds is 11. The van der Waals surface area contributed by atoms with Crippen molar-refractivity contribution in [1.29, 1.82) is 0 Å². The van der Waals surface area contributed by atoms with E-state index < -0.39 is 29.7 Å². The lowest BCUT2D eigenvalue weighted by molar-refractivity contribution is -0.146. The Kier molecular flexibility index (Phi) is 9.22. The molecule has 3 aromatic rings. The highest BCUT2D eigenvalue weighted by Crippen LogP contribution is 2.36. The van der Waals surface area contributed by atoms with Gasteiger partial charge in [-0.2, -0.15) is 0 Å². The van der Waals surface area contributed by atoms with E-state index in [2.05, 4.69) is 6.92 Å². The Balaban J connectivity index is 1.16. The predicted molar refractivity (Wildman–Crippen MR) is 147 cm³/mol. The van der Waals surface area contributed by atoms with Crippen LogP contribution < -0.4 is 0 Å². The number of epoxide rings is 1. The summed E-state index contributed by atoms with van der Waals surface area (Å²) in [6.07, 6.45) is 7.83. The van der Waals surface area contributed by atoms with Crippen LogP contribution in [0.3, 0.4) is 0 Å². The zero-order chi connectivity index (χ0) is 28.1. The Morgan fingerprint density at radius 2 is 1.55 bits per heavy atom. The Labute approximate surface area is 233 Å². The molecular weight excluding hydrogens is 517 g/mol. The predicted octanol–water partition coefficient (Wildman–Crippen LogP) is 8.78. The molecule has 0 spiro atoms. The van der Waals surface area contributed by atoms with Gasteiger partial charge >= 0.3 is 5.97 Å². The molecular formula is C33H35F3O4. The lowest BCUT2D eigenvalue weighted by atomic mass is 9.95. The van der Waals surface area contributed by atoms with Gasteiger partial charge in [-0.25, -0.2) is 18.0 Å². The van der Waals surface area contributed by atoms with Crippen molar-refractivity contribution in [3.63, 3.8) is 0 Å². The van der Waals surface area contributed by atoms with Gasteiger partial charge in [0.15, 0.2) is 11.6 Å². The Hall–Kier alpha value is -3.16. The Morgan fingerprint density at radius 1 is 0.825 bits per heavy atom. The summed E-state index contributed by atoms with van der Waals surface area (Å²) in [4.78, 5) is 12.7. The van der Waals surface area contributed by atoms with Gasteiger partial charge in [0.1, 0.15) is 11.9 Å². The topological polar surface area (TPSA) is 48.1 Å². The fourth-order valence-corrected chi connectivity index (χ4v) is 5.29. The van der Waals surface area contributed by atoms with Crippen LogP contribution in [-0.2, 0) is 14.2 Å². The summed E-state index contributed by atoms with van der Waals surface area (Å²) in [5, 5.41) is 0. The van der Waals surface area contributed by atoms with E-state index in [-0.39, 0.29) is 22.8 Å². The van der Waals surface area contributed by atoms with Crippen molar-refractivity contribution in [3.8, 4) is 22.3 Å². The highest BCUT2D eigenvalue weighted by Gasteiger charge is 2.30. The summed E-state index contributed by atoms with van der Waals surface area (Å²) >= 11 is 0. The lowest BCUT2D eigenvalue weighted by Gasteiger charge is -2.28. The molecule has 0 aromatic heterocycles. The number of ether oxygens (including phenoxy) is 3. The summed E-state index contributed by atoms with van der Waals surface area (Å²) < 4.78 is 60.3. The summed E-state index contributed by atoms with van der Waals surface area (Å²) in [6, 6.07) is 14.1. The van der Waals surface area contributed by atoms with Crippen LogP contribution in [0.5, 0.6) is 0 Å². The molecule has 5 rings (SSSR count). The van der Waals surface area contributed by atoms with Crippen molar-refractivity contribution in [2.45, 2.75) is 70.7 Å². The van der Waals surface area contributed by atoms with Crippen LogP contribution in [0.25, 0.3) is 22.3 Å². The van der Waals surface area contributed by atoms with Crippen LogP contribution in [0.1, 0.15) is 80.3 Å². The molecule has 0 saturated carbocycles. The first kappa shape index (κ1) is 28.4. The van der Waals surface area contributed by atoms with E-state index in [9.17, 15) is 18.0 Å². The summed E-state index contributed by atoms with van der Waals surface area (Å²) in [7, 11) is 0. The molecule has 212 valence electrons. The second-order valence-corrected chi connectivity index (χ2v) is 10.7. The molecule has 2 fully saturated rings. The number of unbranched alkanes of at least 4 members (excludes halogenated alkanes) is 4. The highest BCUT2D eigenvalue weighted by atomic mass is 19.2. The Bertz CT molecular complexity index is 1310. The number of esters is 1. The van der Waals surface area contributed by atoms with Crippen molar-refractivity contribution >= 4 is 5.97 Å². The van der Waals surface area contributed by atoms with Crippen molar-refractivity contribution in [1.82, 2.24) is 0 Å². The molecule has 3 unspecified atom stereocenters. The number of benzene rings is 3. The van der Waals surface area contributed by atoms with Gasteiger partial charge in [-0.1, -0.05) is 81.5 Å². The van der Waals surface area contributed by atoms with Crippen LogP contribution in [0.15, 0.2) is 54.6 Å². The van der Waals surface area contributed by atoms with E-state index in [0.29, 0.717) is 42.2 Å². The average molecular weight is 553 g/mol. The van der Waals surface area contributed by atoms with Gasteiger partial charge in [-0.05, 0) is 47.6 Å². The van der Waals surface area contributed by atoms with E-state index >= 15 is 0 Å². The molecule has 0 radical (unpaired) electrons. The fraction of sp³-hybridized carbons (Fsp3) is 0.424. The molecule has 0 N–H and O–H groups in total. The van der Waals surface area contributed by atoms with Crippen molar-refractivity contribution in [3.05, 3.63) is 83.2 Å². The van der Waals surface area contributed by atoms with Crippen LogP contribution in [0, 0.1) is 23.4 Å². The maximum atomic E-state index is 14.9. The van der Waals surface area contributed by atoms with E-state index in [1.165, 1.54) is 50.3 Å². The van der Waals surface area contributed by atoms with Gasteiger partial charge in [0.25, 0.3) is 0 Å². The second kappa shape index (κ2) is 13.0. The SMILES string of the molecule is CCCCCCCC1CCC(OC(=O)c2ccc(-c3ccc(-c4ccc(C5CO5)c(F)c4F)cc3)cc2F)OC1. The largest absolute Gasteiger partial charge is 0.432 e. The minimum absolute atomic E-state index is 0.140. The number of halogens is 3. The third-order valence-electron chi connectivity index (χ3n) is 7.79. The molecule has 3 aromatic carbocycles. The zero-order valence-corrected chi connectivity index (χ0v) is 22.8.